The van der Waals surface area contributed by atoms with Crippen molar-refractivity contribution in [2.45, 2.75) is 44.7 Å². The highest BCUT2D eigenvalue weighted by atomic mass is 16.5. The number of hydrogen-bond acceptors (Lipinski definition) is 3. The second-order valence-corrected chi connectivity index (χ2v) is 5.83. The Morgan fingerprint density at radius 3 is 2.74 bits per heavy atom. The highest BCUT2D eigenvalue weighted by Gasteiger charge is 2.32. The Morgan fingerprint density at radius 2 is 2.11 bits per heavy atom. The molecule has 1 aliphatic rings. The molecule has 0 radical (unpaired) electrons. The first-order valence-electron chi connectivity index (χ1n) is 7.16. The molecule has 0 aliphatic heterocycles. The lowest BCUT2D eigenvalue weighted by atomic mass is 9.77. The van der Waals surface area contributed by atoms with E-state index in [0.717, 1.165) is 31.1 Å². The molecule has 1 aromatic carbocycles. The molecule has 3 heteroatoms. The van der Waals surface area contributed by atoms with Gasteiger partial charge in [0.25, 0.3) is 0 Å². The first kappa shape index (κ1) is 14.4. The van der Waals surface area contributed by atoms with Gasteiger partial charge in [-0.15, -0.1) is 0 Å². The molecule has 0 amide bonds. The van der Waals surface area contributed by atoms with Crippen LogP contribution in [0.5, 0.6) is 5.75 Å². The van der Waals surface area contributed by atoms with E-state index in [1.54, 1.807) is 7.11 Å². The summed E-state index contributed by atoms with van der Waals surface area (Å²) in [5, 5.41) is 13.3. The standard InChI is InChI=1S/C16H25NO2/c1-13-6-8-16(12-18,9-7-13)17-11-14-4-3-5-15(10-14)19-2/h3-5,10,13,17-18H,6-9,11-12H2,1-2H3. The van der Waals surface area contributed by atoms with Crippen LogP contribution in [-0.4, -0.2) is 24.4 Å². The van der Waals surface area contributed by atoms with E-state index in [0.29, 0.717) is 0 Å². The van der Waals surface area contributed by atoms with Gasteiger partial charge in [-0.2, -0.15) is 0 Å². The van der Waals surface area contributed by atoms with Crippen molar-refractivity contribution >= 4 is 0 Å². The van der Waals surface area contributed by atoms with Gasteiger partial charge >= 0.3 is 0 Å². The van der Waals surface area contributed by atoms with Crippen LogP contribution in [0.3, 0.4) is 0 Å². The number of nitrogens with one attached hydrogen (secondary N) is 1. The molecule has 2 rings (SSSR count). The maximum atomic E-state index is 9.72. The van der Waals surface area contributed by atoms with Crippen LogP contribution in [0.1, 0.15) is 38.2 Å². The minimum atomic E-state index is -0.0877. The number of rotatable bonds is 5. The monoisotopic (exact) mass is 263 g/mol. The van der Waals surface area contributed by atoms with E-state index in [4.69, 9.17) is 4.74 Å². The predicted octanol–water partition coefficient (Wildman–Crippen LogP) is 2.73. The van der Waals surface area contributed by atoms with Crippen LogP contribution in [0.2, 0.25) is 0 Å². The fraction of sp³-hybridized carbons (Fsp3) is 0.625. The molecule has 0 unspecified atom stereocenters. The average molecular weight is 263 g/mol. The maximum Gasteiger partial charge on any atom is 0.119 e. The first-order chi connectivity index (χ1) is 9.17. The zero-order valence-electron chi connectivity index (χ0n) is 12.0. The van der Waals surface area contributed by atoms with E-state index >= 15 is 0 Å². The van der Waals surface area contributed by atoms with Crippen molar-refractivity contribution in [3.63, 3.8) is 0 Å². The molecule has 1 saturated carbocycles. The van der Waals surface area contributed by atoms with Gasteiger partial charge in [-0.1, -0.05) is 19.1 Å². The zero-order chi connectivity index (χ0) is 13.7. The Bertz CT molecular complexity index is 397. The summed E-state index contributed by atoms with van der Waals surface area (Å²) >= 11 is 0. The summed E-state index contributed by atoms with van der Waals surface area (Å²) in [6.07, 6.45) is 4.53. The summed E-state index contributed by atoms with van der Waals surface area (Å²) in [4.78, 5) is 0. The van der Waals surface area contributed by atoms with Gasteiger partial charge in [-0.3, -0.25) is 0 Å². The molecule has 1 aliphatic carbocycles. The summed E-state index contributed by atoms with van der Waals surface area (Å²) in [6.45, 7) is 3.30. The Balaban J connectivity index is 1.95. The van der Waals surface area contributed by atoms with Gasteiger partial charge in [-0.05, 0) is 49.3 Å². The molecule has 106 valence electrons. The molecule has 0 aromatic heterocycles. The molecule has 2 N–H and O–H groups in total. The normalized spacial score (nSPS) is 27.2. The van der Waals surface area contributed by atoms with Gasteiger partial charge in [0.1, 0.15) is 5.75 Å². The SMILES string of the molecule is COc1cccc(CNC2(CO)CCC(C)CC2)c1. The third kappa shape index (κ3) is 3.71. The van der Waals surface area contributed by atoms with Crippen molar-refractivity contribution in [3.8, 4) is 5.75 Å². The number of aliphatic hydroxyl groups is 1. The van der Waals surface area contributed by atoms with Gasteiger partial charge in [-0.25, -0.2) is 0 Å². The molecule has 0 heterocycles. The minimum absolute atomic E-state index is 0.0877. The lowest BCUT2D eigenvalue weighted by molar-refractivity contribution is 0.104. The van der Waals surface area contributed by atoms with E-state index in [9.17, 15) is 5.11 Å². The van der Waals surface area contributed by atoms with Gasteiger partial charge in [0.15, 0.2) is 0 Å². The van der Waals surface area contributed by atoms with Crippen molar-refractivity contribution in [3.05, 3.63) is 29.8 Å². The van der Waals surface area contributed by atoms with Crippen molar-refractivity contribution < 1.29 is 9.84 Å². The topological polar surface area (TPSA) is 41.5 Å². The Hall–Kier alpha value is -1.06. The maximum absolute atomic E-state index is 9.72. The molecule has 0 bridgehead atoms. The van der Waals surface area contributed by atoms with Gasteiger partial charge in [0.05, 0.1) is 13.7 Å². The summed E-state index contributed by atoms with van der Waals surface area (Å²) in [5.74, 6) is 1.67. The van der Waals surface area contributed by atoms with Crippen LogP contribution in [-0.2, 0) is 6.54 Å². The fourth-order valence-electron chi connectivity index (χ4n) is 2.78. The van der Waals surface area contributed by atoms with Gasteiger partial charge in [0.2, 0.25) is 0 Å². The number of ether oxygens (including phenoxy) is 1. The predicted molar refractivity (Wildman–Crippen MR) is 77.3 cm³/mol. The first-order valence-corrected chi connectivity index (χ1v) is 7.16. The molecule has 0 spiro atoms. The summed E-state index contributed by atoms with van der Waals surface area (Å²) in [6, 6.07) is 8.09. The van der Waals surface area contributed by atoms with E-state index in [-0.39, 0.29) is 12.1 Å². The molecule has 0 saturated heterocycles. The molecule has 3 nitrogen and oxygen atoms in total. The number of aliphatic hydroxyl groups excluding tert-OH is 1. The second-order valence-electron chi connectivity index (χ2n) is 5.83. The smallest absolute Gasteiger partial charge is 0.119 e. The molecule has 19 heavy (non-hydrogen) atoms. The minimum Gasteiger partial charge on any atom is -0.497 e. The van der Waals surface area contributed by atoms with Crippen molar-refractivity contribution in [2.24, 2.45) is 5.92 Å². The summed E-state index contributed by atoms with van der Waals surface area (Å²) in [7, 11) is 1.68. The lowest BCUT2D eigenvalue weighted by Gasteiger charge is -2.39. The van der Waals surface area contributed by atoms with Crippen LogP contribution in [0, 0.1) is 5.92 Å². The van der Waals surface area contributed by atoms with Crippen LogP contribution in [0.15, 0.2) is 24.3 Å². The van der Waals surface area contributed by atoms with E-state index in [2.05, 4.69) is 18.3 Å². The lowest BCUT2D eigenvalue weighted by Crippen LogP contribution is -2.50. The molecule has 1 aromatic rings. The van der Waals surface area contributed by atoms with Crippen molar-refractivity contribution in [1.29, 1.82) is 0 Å². The quantitative estimate of drug-likeness (QED) is 0.858. The van der Waals surface area contributed by atoms with Gasteiger partial charge in [0, 0.05) is 12.1 Å². The van der Waals surface area contributed by atoms with Crippen molar-refractivity contribution in [1.82, 2.24) is 5.32 Å². The van der Waals surface area contributed by atoms with Crippen LogP contribution >= 0.6 is 0 Å². The number of methoxy groups -OCH3 is 1. The third-order valence-electron chi connectivity index (χ3n) is 4.34. The van der Waals surface area contributed by atoms with E-state index in [1.807, 2.05) is 18.2 Å². The summed E-state index contributed by atoms with van der Waals surface area (Å²) < 4.78 is 5.24. The van der Waals surface area contributed by atoms with Gasteiger partial charge < -0.3 is 15.2 Å². The second kappa shape index (κ2) is 6.40. The van der Waals surface area contributed by atoms with E-state index < -0.39 is 0 Å². The summed E-state index contributed by atoms with van der Waals surface area (Å²) in [5.41, 5.74) is 1.11. The third-order valence-corrected chi connectivity index (χ3v) is 4.34. The van der Waals surface area contributed by atoms with Crippen LogP contribution < -0.4 is 10.1 Å². The Labute approximate surface area is 116 Å². The van der Waals surface area contributed by atoms with E-state index in [1.165, 1.54) is 18.4 Å². The fourth-order valence-corrected chi connectivity index (χ4v) is 2.78. The molecular weight excluding hydrogens is 238 g/mol. The number of hydrogen-bond donors (Lipinski definition) is 2. The molecule has 1 fully saturated rings. The van der Waals surface area contributed by atoms with Crippen LogP contribution in [0.4, 0.5) is 0 Å². The average Bonchev–Trinajstić information content (AvgIpc) is 2.47. The van der Waals surface area contributed by atoms with Crippen LogP contribution in [0.25, 0.3) is 0 Å². The molecular formula is C16H25NO2. The Kier molecular flexibility index (Phi) is 4.83. The van der Waals surface area contributed by atoms with Crippen molar-refractivity contribution in [2.75, 3.05) is 13.7 Å². The zero-order valence-corrected chi connectivity index (χ0v) is 12.0. The largest absolute Gasteiger partial charge is 0.497 e. The highest BCUT2D eigenvalue weighted by Crippen LogP contribution is 2.31. The molecule has 0 atom stereocenters. The number of benzene rings is 1. The highest BCUT2D eigenvalue weighted by molar-refractivity contribution is 5.28. The Morgan fingerprint density at radius 1 is 1.37 bits per heavy atom.